The van der Waals surface area contributed by atoms with Crippen molar-refractivity contribution >= 4 is 26.8 Å². The molecule has 0 saturated heterocycles. The van der Waals surface area contributed by atoms with E-state index < -0.39 is 15.8 Å². The summed E-state index contributed by atoms with van der Waals surface area (Å²) < 4.78 is 38.1. The third-order valence-electron chi connectivity index (χ3n) is 3.27. The predicted octanol–water partition coefficient (Wildman–Crippen LogP) is 1.13. The highest BCUT2D eigenvalue weighted by Gasteiger charge is 2.17. The van der Waals surface area contributed by atoms with Gasteiger partial charge in [-0.2, -0.15) is 0 Å². The summed E-state index contributed by atoms with van der Waals surface area (Å²) in [5, 5.41) is 3.88. The van der Waals surface area contributed by atoms with Crippen LogP contribution in [0.5, 0.6) is 0 Å². The first-order valence-corrected chi connectivity index (χ1v) is 8.07. The molecule has 1 N–H and O–H groups in total. The lowest BCUT2D eigenvalue weighted by Gasteiger charge is -2.01. The lowest BCUT2D eigenvalue weighted by molar-refractivity contribution is 0.595. The van der Waals surface area contributed by atoms with Gasteiger partial charge in [0, 0.05) is 24.5 Å². The van der Waals surface area contributed by atoms with Crippen LogP contribution in [0.3, 0.4) is 0 Å². The zero-order valence-corrected chi connectivity index (χ0v) is 11.7. The topological polar surface area (TPSA) is 63.5 Å². The predicted molar refractivity (Wildman–Crippen MR) is 76.1 cm³/mol. The first kappa shape index (κ1) is 13.1. The van der Waals surface area contributed by atoms with Crippen molar-refractivity contribution in [3.05, 3.63) is 35.8 Å². The van der Waals surface area contributed by atoms with Crippen molar-refractivity contribution in [3.8, 4) is 0 Å². The summed E-state index contributed by atoms with van der Waals surface area (Å²) >= 11 is 0. The smallest absolute Gasteiger partial charge is 0.236 e. The molecule has 1 aliphatic rings. The highest BCUT2D eigenvalue weighted by molar-refractivity contribution is 7.89. The summed E-state index contributed by atoms with van der Waals surface area (Å²) in [6, 6.07) is 4.18. The van der Waals surface area contributed by atoms with E-state index >= 15 is 0 Å². The van der Waals surface area contributed by atoms with Gasteiger partial charge in [-0.25, -0.2) is 16.8 Å². The first-order chi connectivity index (χ1) is 9.45. The Bertz CT molecular complexity index is 808. The standard InChI is InChI=1S/C13H14FN3O2S/c1-20(18,19)17-8-9(6-13-15-4-5-16-13)11-3-2-10(14)7-12(11)17/h2-3,7-8H,4-6H2,1H3,(H,15,16). The van der Waals surface area contributed by atoms with Gasteiger partial charge in [-0.05, 0) is 23.8 Å². The molecule has 3 rings (SSSR count). The van der Waals surface area contributed by atoms with Gasteiger partial charge in [0.2, 0.25) is 10.0 Å². The SMILES string of the molecule is CS(=O)(=O)n1cc(CC2=NCCN2)c2ccc(F)cc21. The minimum Gasteiger partial charge on any atom is -0.372 e. The number of nitrogens with zero attached hydrogens (tertiary/aromatic N) is 2. The summed E-state index contributed by atoms with van der Waals surface area (Å²) in [5.74, 6) is 0.380. The second-order valence-corrected chi connectivity index (χ2v) is 6.67. The van der Waals surface area contributed by atoms with Crippen molar-refractivity contribution in [1.29, 1.82) is 0 Å². The molecule has 7 heteroatoms. The molecule has 106 valence electrons. The van der Waals surface area contributed by atoms with Gasteiger partial charge in [0.15, 0.2) is 0 Å². The van der Waals surface area contributed by atoms with Crippen molar-refractivity contribution in [2.75, 3.05) is 19.3 Å². The van der Waals surface area contributed by atoms with Crippen LogP contribution in [0.2, 0.25) is 0 Å². The van der Waals surface area contributed by atoms with Gasteiger partial charge in [0.1, 0.15) is 11.7 Å². The highest BCUT2D eigenvalue weighted by atomic mass is 32.2. The largest absolute Gasteiger partial charge is 0.372 e. The Balaban J connectivity index is 2.17. The van der Waals surface area contributed by atoms with Crippen LogP contribution in [0.15, 0.2) is 29.4 Å². The molecular weight excluding hydrogens is 281 g/mol. The Hall–Kier alpha value is -1.89. The van der Waals surface area contributed by atoms with E-state index in [0.717, 1.165) is 40.1 Å². The second-order valence-electron chi connectivity index (χ2n) is 4.81. The molecule has 0 atom stereocenters. The van der Waals surface area contributed by atoms with Crippen LogP contribution in [0, 0.1) is 5.82 Å². The van der Waals surface area contributed by atoms with Crippen LogP contribution in [-0.2, 0) is 16.4 Å². The molecule has 0 fully saturated rings. The molecule has 0 unspecified atom stereocenters. The van der Waals surface area contributed by atoms with E-state index in [1.807, 2.05) is 0 Å². The number of hydrogen-bond acceptors (Lipinski definition) is 4. The average molecular weight is 295 g/mol. The average Bonchev–Trinajstić information content (AvgIpc) is 2.97. The van der Waals surface area contributed by atoms with Crippen LogP contribution < -0.4 is 5.32 Å². The molecule has 1 aliphatic heterocycles. The van der Waals surface area contributed by atoms with Gasteiger partial charge in [0.25, 0.3) is 0 Å². The second kappa shape index (κ2) is 4.59. The maximum absolute atomic E-state index is 13.4. The van der Waals surface area contributed by atoms with Crippen LogP contribution in [0.1, 0.15) is 5.56 Å². The molecule has 0 saturated carbocycles. The van der Waals surface area contributed by atoms with Crippen molar-refractivity contribution in [3.63, 3.8) is 0 Å². The summed E-state index contributed by atoms with van der Waals surface area (Å²) in [7, 11) is -3.47. The Kier molecular flexibility index (Phi) is 3.01. The number of aromatic nitrogens is 1. The van der Waals surface area contributed by atoms with Crippen LogP contribution in [0.4, 0.5) is 4.39 Å². The van der Waals surface area contributed by atoms with Crippen molar-refractivity contribution in [1.82, 2.24) is 9.29 Å². The quantitative estimate of drug-likeness (QED) is 0.923. The van der Waals surface area contributed by atoms with Crippen LogP contribution in [-0.4, -0.2) is 37.6 Å². The van der Waals surface area contributed by atoms with Gasteiger partial charge < -0.3 is 5.32 Å². The third-order valence-corrected chi connectivity index (χ3v) is 4.29. The highest BCUT2D eigenvalue weighted by Crippen LogP contribution is 2.24. The van der Waals surface area contributed by atoms with Crippen molar-refractivity contribution < 1.29 is 12.8 Å². The van der Waals surface area contributed by atoms with E-state index in [1.54, 1.807) is 12.3 Å². The summed E-state index contributed by atoms with van der Waals surface area (Å²) in [4.78, 5) is 4.30. The number of rotatable bonds is 3. The van der Waals surface area contributed by atoms with Crippen molar-refractivity contribution in [2.45, 2.75) is 6.42 Å². The first-order valence-electron chi connectivity index (χ1n) is 6.22. The fourth-order valence-electron chi connectivity index (χ4n) is 2.40. The molecule has 0 radical (unpaired) electrons. The number of hydrogen-bond donors (Lipinski definition) is 1. The van der Waals surface area contributed by atoms with Gasteiger partial charge >= 0.3 is 0 Å². The number of aliphatic imine (C=N–C) groups is 1. The minimum absolute atomic E-state index is 0.362. The summed E-state index contributed by atoms with van der Waals surface area (Å²) in [6.07, 6.45) is 3.17. The van der Waals surface area contributed by atoms with Gasteiger partial charge in [-0.15, -0.1) is 0 Å². The molecule has 20 heavy (non-hydrogen) atoms. The molecule has 2 aromatic rings. The number of amidine groups is 1. The fraction of sp³-hybridized carbons (Fsp3) is 0.308. The minimum atomic E-state index is -3.47. The number of benzene rings is 1. The van der Waals surface area contributed by atoms with E-state index in [9.17, 15) is 12.8 Å². The Morgan fingerprint density at radius 1 is 1.45 bits per heavy atom. The molecule has 0 bridgehead atoms. The maximum Gasteiger partial charge on any atom is 0.236 e. The Morgan fingerprint density at radius 2 is 2.25 bits per heavy atom. The van der Waals surface area contributed by atoms with Gasteiger partial charge in [0.05, 0.1) is 18.3 Å². The third kappa shape index (κ3) is 2.29. The van der Waals surface area contributed by atoms with Gasteiger partial charge in [-0.3, -0.25) is 4.99 Å². The number of nitrogens with one attached hydrogen (secondary N) is 1. The number of fused-ring (bicyclic) bond motifs is 1. The molecular formula is C13H14FN3O2S. The Morgan fingerprint density at radius 3 is 2.90 bits per heavy atom. The summed E-state index contributed by atoms with van der Waals surface area (Å²) in [6.45, 7) is 1.53. The van der Waals surface area contributed by atoms with E-state index in [4.69, 9.17) is 0 Å². The lowest BCUT2D eigenvalue weighted by Crippen LogP contribution is -2.20. The lowest BCUT2D eigenvalue weighted by atomic mass is 10.1. The molecule has 0 aliphatic carbocycles. The zero-order valence-electron chi connectivity index (χ0n) is 10.9. The Labute approximate surface area is 116 Å². The molecule has 1 aromatic heterocycles. The van der Waals surface area contributed by atoms with Gasteiger partial charge in [-0.1, -0.05) is 0 Å². The monoisotopic (exact) mass is 295 g/mol. The summed E-state index contributed by atoms with van der Waals surface area (Å²) in [5.41, 5.74) is 1.18. The van der Waals surface area contributed by atoms with E-state index in [-0.39, 0.29) is 0 Å². The van der Waals surface area contributed by atoms with Crippen LogP contribution >= 0.6 is 0 Å². The fourth-order valence-corrected chi connectivity index (χ4v) is 3.23. The van der Waals surface area contributed by atoms with E-state index in [1.165, 1.54) is 12.1 Å². The molecule has 5 nitrogen and oxygen atoms in total. The molecule has 0 spiro atoms. The normalized spacial score (nSPS) is 15.4. The molecule has 0 amide bonds. The van der Waals surface area contributed by atoms with E-state index in [2.05, 4.69) is 10.3 Å². The van der Waals surface area contributed by atoms with Crippen molar-refractivity contribution in [2.24, 2.45) is 4.99 Å². The van der Waals surface area contributed by atoms with Crippen LogP contribution in [0.25, 0.3) is 10.9 Å². The van der Waals surface area contributed by atoms with E-state index in [0.29, 0.717) is 11.9 Å². The molecule has 2 heterocycles. The molecule has 1 aromatic carbocycles. The zero-order chi connectivity index (χ0) is 14.3. The maximum atomic E-state index is 13.4. The number of halogens is 1.